The van der Waals surface area contributed by atoms with E-state index in [1.54, 1.807) is 36.0 Å². The number of benzene rings is 2. The standard InChI is InChI=1S/C20H25ClN2O4S2/c1-15(2)27-18-8-6-17(7-9-18)23(29(3,25)26)14-20(24)22-12-13-28-19-10-4-16(21)5-11-19/h4-11,15H,12-14H2,1-3H3,(H,22,24). The summed E-state index contributed by atoms with van der Waals surface area (Å²) in [7, 11) is -3.61. The zero-order chi connectivity index (χ0) is 21.4. The van der Waals surface area contributed by atoms with Crippen molar-refractivity contribution in [1.82, 2.24) is 5.32 Å². The number of nitrogens with zero attached hydrogens (tertiary/aromatic N) is 1. The summed E-state index contributed by atoms with van der Waals surface area (Å²) >= 11 is 7.43. The van der Waals surface area contributed by atoms with Crippen LogP contribution in [0, 0.1) is 0 Å². The summed E-state index contributed by atoms with van der Waals surface area (Å²) in [5.74, 6) is 0.934. The number of halogens is 1. The molecule has 0 aliphatic rings. The second-order valence-electron chi connectivity index (χ2n) is 6.58. The monoisotopic (exact) mass is 456 g/mol. The topological polar surface area (TPSA) is 75.7 Å². The van der Waals surface area contributed by atoms with Gasteiger partial charge in [-0.05, 0) is 62.4 Å². The lowest BCUT2D eigenvalue weighted by atomic mass is 10.3. The van der Waals surface area contributed by atoms with E-state index in [-0.39, 0.29) is 18.6 Å². The van der Waals surface area contributed by atoms with Crippen LogP contribution in [0.3, 0.4) is 0 Å². The molecule has 2 rings (SSSR count). The fourth-order valence-electron chi connectivity index (χ4n) is 2.44. The summed E-state index contributed by atoms with van der Waals surface area (Å²) in [6, 6.07) is 14.1. The molecule has 0 saturated heterocycles. The van der Waals surface area contributed by atoms with Crippen molar-refractivity contribution in [3.05, 3.63) is 53.6 Å². The van der Waals surface area contributed by atoms with Crippen molar-refractivity contribution >= 4 is 45.0 Å². The predicted octanol–water partition coefficient (Wildman–Crippen LogP) is 3.80. The third-order valence-electron chi connectivity index (χ3n) is 3.69. The van der Waals surface area contributed by atoms with Gasteiger partial charge in [0.05, 0.1) is 18.0 Å². The second kappa shape index (κ2) is 10.8. The molecule has 0 fully saturated rings. The van der Waals surface area contributed by atoms with Crippen molar-refractivity contribution < 1.29 is 17.9 Å². The Bertz CT molecular complexity index is 901. The van der Waals surface area contributed by atoms with Crippen molar-refractivity contribution in [1.29, 1.82) is 0 Å². The van der Waals surface area contributed by atoms with Gasteiger partial charge in [-0.1, -0.05) is 11.6 Å². The summed E-state index contributed by atoms with van der Waals surface area (Å²) in [5.41, 5.74) is 0.411. The van der Waals surface area contributed by atoms with Crippen LogP contribution >= 0.6 is 23.4 Å². The summed E-state index contributed by atoms with van der Waals surface area (Å²) in [6.07, 6.45) is 1.10. The molecule has 29 heavy (non-hydrogen) atoms. The van der Waals surface area contributed by atoms with Gasteiger partial charge in [0.25, 0.3) is 0 Å². The van der Waals surface area contributed by atoms with Crippen LogP contribution in [0.15, 0.2) is 53.4 Å². The normalized spacial score (nSPS) is 11.3. The Morgan fingerprint density at radius 2 is 1.76 bits per heavy atom. The van der Waals surface area contributed by atoms with Gasteiger partial charge in [0.1, 0.15) is 12.3 Å². The number of carbonyl (C=O) groups is 1. The fourth-order valence-corrected chi connectivity index (χ4v) is 4.19. The van der Waals surface area contributed by atoms with Gasteiger partial charge in [0.2, 0.25) is 15.9 Å². The molecule has 158 valence electrons. The molecule has 1 amide bonds. The number of hydrogen-bond donors (Lipinski definition) is 1. The number of sulfonamides is 1. The van der Waals surface area contributed by atoms with Crippen molar-refractivity contribution in [2.24, 2.45) is 0 Å². The Hall–Kier alpha value is -1.90. The summed E-state index contributed by atoms with van der Waals surface area (Å²) in [6.45, 7) is 3.96. The highest BCUT2D eigenvalue weighted by molar-refractivity contribution is 7.99. The number of rotatable bonds is 10. The summed E-state index contributed by atoms with van der Waals surface area (Å²) < 4.78 is 31.0. The average molecular weight is 457 g/mol. The van der Waals surface area contributed by atoms with Crippen LogP contribution in [0.2, 0.25) is 5.02 Å². The van der Waals surface area contributed by atoms with E-state index in [9.17, 15) is 13.2 Å². The number of amides is 1. The molecule has 0 heterocycles. The van der Waals surface area contributed by atoms with Crippen LogP contribution in [0.1, 0.15) is 13.8 Å². The Morgan fingerprint density at radius 1 is 1.14 bits per heavy atom. The van der Waals surface area contributed by atoms with E-state index in [0.29, 0.717) is 28.8 Å². The van der Waals surface area contributed by atoms with Crippen LogP contribution in [0.5, 0.6) is 5.75 Å². The first kappa shape index (κ1) is 23.4. The van der Waals surface area contributed by atoms with E-state index < -0.39 is 10.0 Å². The molecular formula is C20H25ClN2O4S2. The maximum atomic E-state index is 12.3. The molecule has 2 aromatic rings. The third kappa shape index (κ3) is 8.16. The first-order valence-electron chi connectivity index (χ1n) is 9.04. The van der Waals surface area contributed by atoms with E-state index in [0.717, 1.165) is 15.5 Å². The number of ether oxygens (including phenoxy) is 1. The Labute approximate surface area is 181 Å². The zero-order valence-corrected chi connectivity index (χ0v) is 19.0. The zero-order valence-electron chi connectivity index (χ0n) is 16.6. The molecular weight excluding hydrogens is 432 g/mol. The average Bonchev–Trinajstić information content (AvgIpc) is 2.64. The predicted molar refractivity (Wildman–Crippen MR) is 120 cm³/mol. The molecule has 0 aliphatic carbocycles. The number of anilines is 1. The van der Waals surface area contributed by atoms with E-state index in [4.69, 9.17) is 16.3 Å². The Balaban J connectivity index is 1.90. The van der Waals surface area contributed by atoms with Gasteiger partial charge in [0, 0.05) is 22.2 Å². The summed E-state index contributed by atoms with van der Waals surface area (Å²) in [4.78, 5) is 13.3. The van der Waals surface area contributed by atoms with Crippen molar-refractivity contribution in [3.63, 3.8) is 0 Å². The molecule has 0 unspecified atom stereocenters. The minimum Gasteiger partial charge on any atom is -0.491 e. The van der Waals surface area contributed by atoms with Gasteiger partial charge in [-0.3, -0.25) is 9.10 Å². The minimum atomic E-state index is -3.61. The molecule has 2 aromatic carbocycles. The van der Waals surface area contributed by atoms with E-state index in [2.05, 4.69) is 5.32 Å². The molecule has 0 saturated carbocycles. The quantitative estimate of drug-likeness (QED) is 0.434. The first-order valence-corrected chi connectivity index (χ1v) is 12.3. The highest BCUT2D eigenvalue weighted by Gasteiger charge is 2.20. The molecule has 0 aliphatic heterocycles. The lowest BCUT2D eigenvalue weighted by Crippen LogP contribution is -2.41. The number of carbonyl (C=O) groups excluding carboxylic acids is 1. The Kier molecular flexibility index (Phi) is 8.67. The van der Waals surface area contributed by atoms with Crippen LogP contribution in [0.4, 0.5) is 5.69 Å². The van der Waals surface area contributed by atoms with Gasteiger partial charge in [-0.25, -0.2) is 8.42 Å². The summed E-state index contributed by atoms with van der Waals surface area (Å²) in [5, 5.41) is 3.43. The minimum absolute atomic E-state index is 0.0170. The SMILES string of the molecule is CC(C)Oc1ccc(N(CC(=O)NCCSc2ccc(Cl)cc2)S(C)(=O)=O)cc1. The van der Waals surface area contributed by atoms with Crippen LogP contribution in [0.25, 0.3) is 0 Å². The molecule has 0 spiro atoms. The largest absolute Gasteiger partial charge is 0.491 e. The second-order valence-corrected chi connectivity index (χ2v) is 10.1. The van der Waals surface area contributed by atoms with Crippen molar-refractivity contribution in [3.8, 4) is 5.75 Å². The van der Waals surface area contributed by atoms with Gasteiger partial charge in [0.15, 0.2) is 0 Å². The maximum Gasteiger partial charge on any atom is 0.240 e. The van der Waals surface area contributed by atoms with Gasteiger partial charge in [-0.2, -0.15) is 0 Å². The molecule has 9 heteroatoms. The number of nitrogens with one attached hydrogen (secondary N) is 1. The highest BCUT2D eigenvalue weighted by Crippen LogP contribution is 2.22. The van der Waals surface area contributed by atoms with Crippen LogP contribution in [-0.2, 0) is 14.8 Å². The van der Waals surface area contributed by atoms with E-state index in [1.165, 1.54) is 0 Å². The maximum absolute atomic E-state index is 12.3. The highest BCUT2D eigenvalue weighted by atomic mass is 35.5. The molecule has 0 atom stereocenters. The number of thioether (sulfide) groups is 1. The smallest absolute Gasteiger partial charge is 0.240 e. The molecule has 0 radical (unpaired) electrons. The van der Waals surface area contributed by atoms with Gasteiger partial charge >= 0.3 is 0 Å². The van der Waals surface area contributed by atoms with Crippen LogP contribution in [-0.4, -0.2) is 45.5 Å². The fraction of sp³-hybridized carbons (Fsp3) is 0.350. The third-order valence-corrected chi connectivity index (χ3v) is 6.10. The van der Waals surface area contributed by atoms with Crippen molar-refractivity contribution in [2.75, 3.05) is 29.4 Å². The number of hydrogen-bond acceptors (Lipinski definition) is 5. The van der Waals surface area contributed by atoms with Gasteiger partial charge in [-0.15, -0.1) is 11.8 Å². The van der Waals surface area contributed by atoms with Gasteiger partial charge < -0.3 is 10.1 Å². The first-order chi connectivity index (χ1) is 13.6. The van der Waals surface area contributed by atoms with E-state index >= 15 is 0 Å². The van der Waals surface area contributed by atoms with E-state index in [1.807, 2.05) is 38.1 Å². The molecule has 1 N–H and O–H groups in total. The Morgan fingerprint density at radius 3 is 2.31 bits per heavy atom. The lowest BCUT2D eigenvalue weighted by Gasteiger charge is -2.22. The lowest BCUT2D eigenvalue weighted by molar-refractivity contribution is -0.119. The van der Waals surface area contributed by atoms with Crippen LogP contribution < -0.4 is 14.4 Å². The van der Waals surface area contributed by atoms with Crippen molar-refractivity contribution in [2.45, 2.75) is 24.8 Å². The molecule has 6 nitrogen and oxygen atoms in total. The molecule has 0 aromatic heterocycles. The molecule has 0 bridgehead atoms.